The number of nitrogens with one attached hydrogen (secondary N) is 3. The van der Waals surface area contributed by atoms with Crippen molar-refractivity contribution < 1.29 is 14.3 Å². The molecule has 3 rings (SSSR count). The van der Waals surface area contributed by atoms with Crippen LogP contribution in [0.2, 0.25) is 0 Å². The Balaban J connectivity index is 1.91. The zero-order valence-corrected chi connectivity index (χ0v) is 20.1. The summed E-state index contributed by atoms with van der Waals surface area (Å²) in [5.74, 6) is 1.11. The van der Waals surface area contributed by atoms with Gasteiger partial charge in [0.2, 0.25) is 0 Å². The van der Waals surface area contributed by atoms with Crippen molar-refractivity contribution in [3.8, 4) is 11.5 Å². The monoisotopic (exact) mass is 453 g/mol. The molecule has 0 saturated heterocycles. The van der Waals surface area contributed by atoms with Crippen LogP contribution in [0, 0.1) is 13.8 Å². The van der Waals surface area contributed by atoms with E-state index in [1.165, 1.54) is 5.56 Å². The smallest absolute Gasteiger partial charge is 0.255 e. The Morgan fingerprint density at radius 1 is 1.09 bits per heavy atom. The minimum absolute atomic E-state index is 0.194. The molecular weight excluding hydrogens is 422 g/mol. The van der Waals surface area contributed by atoms with E-state index in [2.05, 4.69) is 22.9 Å². The molecule has 2 aromatic rings. The fourth-order valence-electron chi connectivity index (χ4n) is 3.57. The number of hydrogen-bond acceptors (Lipinski definition) is 4. The van der Waals surface area contributed by atoms with Crippen molar-refractivity contribution >= 4 is 28.9 Å². The van der Waals surface area contributed by atoms with E-state index in [0.717, 1.165) is 29.7 Å². The molecule has 0 saturated carbocycles. The molecule has 1 unspecified atom stereocenters. The lowest BCUT2D eigenvalue weighted by molar-refractivity contribution is -0.113. The first-order chi connectivity index (χ1) is 15.3. The second-order valence-corrected chi connectivity index (χ2v) is 8.34. The van der Waals surface area contributed by atoms with E-state index in [1.807, 2.05) is 57.2 Å². The number of benzene rings is 2. The normalized spacial score (nSPS) is 15.7. The van der Waals surface area contributed by atoms with Gasteiger partial charge in [0, 0.05) is 11.4 Å². The van der Waals surface area contributed by atoms with Gasteiger partial charge in [-0.05, 0) is 80.4 Å². The Labute approximate surface area is 195 Å². The molecule has 1 aliphatic rings. The number of methoxy groups -OCH3 is 1. The average Bonchev–Trinajstić information content (AvgIpc) is 2.76. The standard InChI is InChI=1S/C25H31N3O3S/c1-6-7-12-31-20-11-9-18(14-21(20)30-5)23-22(17(4)26-25(32)28-23)24(29)27-19-10-8-15(2)16(3)13-19/h8-11,13-14,23H,6-7,12H2,1-5H3,(H,27,29)(H2,26,28,32). The highest BCUT2D eigenvalue weighted by Crippen LogP contribution is 2.34. The van der Waals surface area contributed by atoms with E-state index < -0.39 is 6.04 Å². The topological polar surface area (TPSA) is 71.6 Å². The molecule has 0 fully saturated rings. The number of carbonyl (C=O) groups excluding carboxylic acids is 1. The fraction of sp³-hybridized carbons (Fsp3) is 0.360. The van der Waals surface area contributed by atoms with Gasteiger partial charge in [0.15, 0.2) is 16.6 Å². The van der Waals surface area contributed by atoms with Gasteiger partial charge in [0.25, 0.3) is 5.91 Å². The maximum atomic E-state index is 13.3. The predicted molar refractivity (Wildman–Crippen MR) is 132 cm³/mol. The molecule has 1 atom stereocenters. The lowest BCUT2D eigenvalue weighted by Crippen LogP contribution is -2.45. The summed E-state index contributed by atoms with van der Waals surface area (Å²) in [6.07, 6.45) is 2.03. The van der Waals surface area contributed by atoms with Crippen molar-refractivity contribution in [1.29, 1.82) is 0 Å². The molecule has 1 aliphatic heterocycles. The molecule has 170 valence electrons. The van der Waals surface area contributed by atoms with Crippen LogP contribution in [-0.4, -0.2) is 24.7 Å². The summed E-state index contributed by atoms with van der Waals surface area (Å²) in [5.41, 5.74) is 5.19. The third kappa shape index (κ3) is 5.40. The summed E-state index contributed by atoms with van der Waals surface area (Å²) >= 11 is 5.37. The second kappa shape index (κ2) is 10.5. The molecule has 32 heavy (non-hydrogen) atoms. The van der Waals surface area contributed by atoms with Crippen LogP contribution in [0.15, 0.2) is 47.7 Å². The molecule has 2 aromatic carbocycles. The van der Waals surface area contributed by atoms with Gasteiger partial charge >= 0.3 is 0 Å². The number of amides is 1. The van der Waals surface area contributed by atoms with Gasteiger partial charge < -0.3 is 25.4 Å². The minimum atomic E-state index is -0.422. The summed E-state index contributed by atoms with van der Waals surface area (Å²) < 4.78 is 11.4. The Morgan fingerprint density at radius 3 is 2.56 bits per heavy atom. The van der Waals surface area contributed by atoms with Crippen molar-refractivity contribution in [2.45, 2.75) is 46.6 Å². The number of thiocarbonyl (C=S) groups is 1. The van der Waals surface area contributed by atoms with Gasteiger partial charge in [-0.15, -0.1) is 0 Å². The third-order valence-electron chi connectivity index (χ3n) is 5.56. The number of allylic oxidation sites excluding steroid dienone is 1. The number of hydrogen-bond donors (Lipinski definition) is 3. The number of rotatable bonds is 8. The largest absolute Gasteiger partial charge is 0.493 e. The number of anilines is 1. The highest BCUT2D eigenvalue weighted by atomic mass is 32.1. The molecular formula is C25H31N3O3S. The van der Waals surface area contributed by atoms with Gasteiger partial charge in [-0.1, -0.05) is 25.5 Å². The van der Waals surface area contributed by atoms with Gasteiger partial charge in [-0.3, -0.25) is 4.79 Å². The first kappa shape index (κ1) is 23.6. The van der Waals surface area contributed by atoms with E-state index in [9.17, 15) is 4.79 Å². The Hall–Kier alpha value is -3.06. The summed E-state index contributed by atoms with van der Waals surface area (Å²) in [6.45, 7) is 8.67. The molecule has 3 N–H and O–H groups in total. The lowest BCUT2D eigenvalue weighted by Gasteiger charge is -2.30. The SMILES string of the molecule is CCCCOc1ccc(C2NC(=S)NC(C)=C2C(=O)Nc2ccc(C)c(C)c2)cc1OC. The molecule has 0 spiro atoms. The molecule has 0 bridgehead atoms. The second-order valence-electron chi connectivity index (χ2n) is 7.94. The predicted octanol–water partition coefficient (Wildman–Crippen LogP) is 4.92. The first-order valence-electron chi connectivity index (χ1n) is 10.8. The lowest BCUT2D eigenvalue weighted by atomic mass is 9.94. The van der Waals surface area contributed by atoms with Crippen molar-refractivity contribution in [3.05, 3.63) is 64.4 Å². The van der Waals surface area contributed by atoms with E-state index in [-0.39, 0.29) is 5.91 Å². The Bertz CT molecular complexity index is 1050. The zero-order valence-electron chi connectivity index (χ0n) is 19.3. The van der Waals surface area contributed by atoms with Gasteiger partial charge in [-0.25, -0.2) is 0 Å². The molecule has 0 radical (unpaired) electrons. The van der Waals surface area contributed by atoms with Crippen LogP contribution in [0.3, 0.4) is 0 Å². The maximum absolute atomic E-state index is 13.3. The van der Waals surface area contributed by atoms with Crippen molar-refractivity contribution in [2.75, 3.05) is 19.0 Å². The van der Waals surface area contributed by atoms with Gasteiger partial charge in [-0.2, -0.15) is 0 Å². The summed E-state index contributed by atoms with van der Waals surface area (Å²) in [6, 6.07) is 11.2. The number of ether oxygens (including phenoxy) is 2. The molecule has 1 amide bonds. The van der Waals surface area contributed by atoms with E-state index in [1.54, 1.807) is 7.11 Å². The van der Waals surface area contributed by atoms with Crippen LogP contribution in [0.5, 0.6) is 11.5 Å². The maximum Gasteiger partial charge on any atom is 0.255 e. The molecule has 1 heterocycles. The van der Waals surface area contributed by atoms with Crippen LogP contribution in [0.1, 0.15) is 49.4 Å². The van der Waals surface area contributed by atoms with E-state index in [4.69, 9.17) is 21.7 Å². The van der Waals surface area contributed by atoms with Crippen LogP contribution in [0.25, 0.3) is 0 Å². The number of aryl methyl sites for hydroxylation is 2. The highest BCUT2D eigenvalue weighted by Gasteiger charge is 2.30. The highest BCUT2D eigenvalue weighted by molar-refractivity contribution is 7.80. The molecule has 0 aromatic heterocycles. The molecule has 7 heteroatoms. The minimum Gasteiger partial charge on any atom is -0.493 e. The van der Waals surface area contributed by atoms with Crippen LogP contribution >= 0.6 is 12.2 Å². The van der Waals surface area contributed by atoms with Crippen molar-refractivity contribution in [2.24, 2.45) is 0 Å². The quantitative estimate of drug-likeness (QED) is 0.389. The van der Waals surface area contributed by atoms with Crippen LogP contribution in [0.4, 0.5) is 5.69 Å². The van der Waals surface area contributed by atoms with Crippen LogP contribution in [-0.2, 0) is 4.79 Å². The van der Waals surface area contributed by atoms with Gasteiger partial charge in [0.05, 0.1) is 25.3 Å². The first-order valence-corrected chi connectivity index (χ1v) is 11.2. The zero-order chi connectivity index (χ0) is 23.3. The third-order valence-corrected chi connectivity index (χ3v) is 5.77. The fourth-order valence-corrected chi connectivity index (χ4v) is 3.84. The van der Waals surface area contributed by atoms with Crippen LogP contribution < -0.4 is 25.4 Å². The summed E-state index contributed by atoms with van der Waals surface area (Å²) in [7, 11) is 1.61. The number of carbonyl (C=O) groups is 1. The van der Waals surface area contributed by atoms with E-state index >= 15 is 0 Å². The van der Waals surface area contributed by atoms with Crippen molar-refractivity contribution in [3.63, 3.8) is 0 Å². The van der Waals surface area contributed by atoms with Crippen molar-refractivity contribution in [1.82, 2.24) is 10.6 Å². The number of unbranched alkanes of at least 4 members (excludes halogenated alkanes) is 1. The van der Waals surface area contributed by atoms with E-state index in [0.29, 0.717) is 34.5 Å². The summed E-state index contributed by atoms with van der Waals surface area (Å²) in [4.78, 5) is 13.3. The molecule has 0 aliphatic carbocycles. The summed E-state index contributed by atoms with van der Waals surface area (Å²) in [5, 5.41) is 9.80. The average molecular weight is 454 g/mol. The van der Waals surface area contributed by atoms with Gasteiger partial charge in [0.1, 0.15) is 0 Å². The molecule has 6 nitrogen and oxygen atoms in total. The Morgan fingerprint density at radius 2 is 1.88 bits per heavy atom. The Kier molecular flexibility index (Phi) is 7.75.